The van der Waals surface area contributed by atoms with Crippen molar-refractivity contribution in [2.75, 3.05) is 0 Å². The molecule has 1 aromatic carbocycles. The normalized spacial score (nSPS) is 17.0. The molecule has 0 amide bonds. The van der Waals surface area contributed by atoms with Crippen molar-refractivity contribution in [3.05, 3.63) is 70.0 Å². The molecule has 118 valence electrons. The zero-order valence-electron chi connectivity index (χ0n) is 11.4. The average Bonchev–Trinajstić information content (AvgIpc) is 2.53. The van der Waals surface area contributed by atoms with E-state index in [1.807, 2.05) is 0 Å². The van der Waals surface area contributed by atoms with E-state index in [9.17, 15) is 23.3 Å². The monoisotopic (exact) mass is 322 g/mol. The number of nitro groups is 1. The molecule has 0 fully saturated rings. The molecule has 2 heterocycles. The molecular formula is C15H9F3N2O3. The maximum Gasteiger partial charge on any atom is 0.429 e. The number of halogens is 3. The SMILES string of the molecule is O=[N+]([O-])c1ccc2c(c1)C(c1ccccn1)=CC(C(F)(F)F)O2. The highest BCUT2D eigenvalue weighted by Gasteiger charge is 2.43. The molecule has 2 aromatic rings. The average molecular weight is 322 g/mol. The summed E-state index contributed by atoms with van der Waals surface area (Å²) in [7, 11) is 0. The second kappa shape index (κ2) is 5.38. The Morgan fingerprint density at radius 1 is 1.22 bits per heavy atom. The topological polar surface area (TPSA) is 65.3 Å². The Hall–Kier alpha value is -2.90. The van der Waals surface area contributed by atoms with Gasteiger partial charge in [0.2, 0.25) is 6.10 Å². The molecule has 3 rings (SSSR count). The van der Waals surface area contributed by atoms with Crippen LogP contribution in [0.25, 0.3) is 5.57 Å². The van der Waals surface area contributed by atoms with E-state index >= 15 is 0 Å². The maximum absolute atomic E-state index is 13.0. The Balaban J connectivity index is 2.18. The predicted octanol–water partition coefficient (Wildman–Crippen LogP) is 3.74. The van der Waals surface area contributed by atoms with E-state index in [2.05, 4.69) is 4.98 Å². The number of non-ortho nitro benzene ring substituents is 1. The number of alkyl halides is 3. The van der Waals surface area contributed by atoms with Gasteiger partial charge in [-0.3, -0.25) is 15.1 Å². The smallest absolute Gasteiger partial charge is 0.429 e. The number of rotatable bonds is 2. The fraction of sp³-hybridized carbons (Fsp3) is 0.133. The fourth-order valence-electron chi connectivity index (χ4n) is 2.26. The van der Waals surface area contributed by atoms with E-state index in [0.29, 0.717) is 0 Å². The third-order valence-electron chi connectivity index (χ3n) is 3.30. The second-order valence-electron chi connectivity index (χ2n) is 4.81. The van der Waals surface area contributed by atoms with Crippen molar-refractivity contribution < 1.29 is 22.8 Å². The van der Waals surface area contributed by atoms with Gasteiger partial charge < -0.3 is 4.74 Å². The molecule has 1 unspecified atom stereocenters. The summed E-state index contributed by atoms with van der Waals surface area (Å²) in [5, 5.41) is 10.9. The molecule has 0 aliphatic carbocycles. The first-order valence-electron chi connectivity index (χ1n) is 6.51. The van der Waals surface area contributed by atoms with Crippen molar-refractivity contribution in [3.63, 3.8) is 0 Å². The third kappa shape index (κ3) is 2.87. The Bertz CT molecular complexity index is 788. The van der Waals surface area contributed by atoms with Crippen LogP contribution in [0, 0.1) is 10.1 Å². The number of fused-ring (bicyclic) bond motifs is 1. The van der Waals surface area contributed by atoms with Gasteiger partial charge in [0.15, 0.2) is 0 Å². The summed E-state index contributed by atoms with van der Waals surface area (Å²) in [5.41, 5.74) is 0.405. The molecule has 1 aliphatic heterocycles. The molecule has 0 radical (unpaired) electrons. The first-order valence-corrected chi connectivity index (χ1v) is 6.51. The van der Waals surface area contributed by atoms with Gasteiger partial charge in [-0.05, 0) is 24.3 Å². The van der Waals surface area contributed by atoms with Crippen LogP contribution in [0.15, 0.2) is 48.7 Å². The lowest BCUT2D eigenvalue weighted by Gasteiger charge is -2.26. The standard InChI is InChI=1S/C15H9F3N2O3/c16-15(17,18)14-8-10(12-3-1-2-6-19-12)11-7-9(20(21)22)4-5-13(11)23-14/h1-8,14H. The molecule has 1 atom stereocenters. The lowest BCUT2D eigenvalue weighted by Crippen LogP contribution is -2.34. The van der Waals surface area contributed by atoms with E-state index in [1.54, 1.807) is 12.1 Å². The molecular weight excluding hydrogens is 313 g/mol. The summed E-state index contributed by atoms with van der Waals surface area (Å²) >= 11 is 0. The van der Waals surface area contributed by atoms with E-state index in [1.165, 1.54) is 24.4 Å². The number of nitro benzene ring substituents is 1. The molecule has 8 heteroatoms. The van der Waals surface area contributed by atoms with Gasteiger partial charge in [-0.2, -0.15) is 13.2 Å². The van der Waals surface area contributed by atoms with E-state index < -0.39 is 17.2 Å². The lowest BCUT2D eigenvalue weighted by molar-refractivity contribution is -0.384. The quantitative estimate of drug-likeness (QED) is 0.624. The lowest BCUT2D eigenvalue weighted by atomic mass is 9.96. The Morgan fingerprint density at radius 3 is 2.61 bits per heavy atom. The van der Waals surface area contributed by atoms with Crippen LogP contribution < -0.4 is 4.74 Å². The highest BCUT2D eigenvalue weighted by Crippen LogP contribution is 2.40. The van der Waals surface area contributed by atoms with Crippen LogP contribution in [0.2, 0.25) is 0 Å². The molecule has 5 nitrogen and oxygen atoms in total. The molecule has 0 saturated carbocycles. The van der Waals surface area contributed by atoms with Gasteiger partial charge in [-0.15, -0.1) is 0 Å². The number of aromatic nitrogens is 1. The fourth-order valence-corrected chi connectivity index (χ4v) is 2.26. The van der Waals surface area contributed by atoms with Crippen molar-refractivity contribution in [2.45, 2.75) is 12.3 Å². The first-order chi connectivity index (χ1) is 10.9. The number of hydrogen-bond donors (Lipinski definition) is 0. The van der Waals surface area contributed by atoms with Gasteiger partial charge >= 0.3 is 6.18 Å². The van der Waals surface area contributed by atoms with Gasteiger partial charge in [0.1, 0.15) is 5.75 Å². The number of benzene rings is 1. The van der Waals surface area contributed by atoms with Crippen molar-refractivity contribution in [3.8, 4) is 5.75 Å². The van der Waals surface area contributed by atoms with Crippen molar-refractivity contribution in [2.24, 2.45) is 0 Å². The Labute approximate surface area is 128 Å². The van der Waals surface area contributed by atoms with Crippen LogP contribution >= 0.6 is 0 Å². The summed E-state index contributed by atoms with van der Waals surface area (Å²) in [6.45, 7) is 0. The van der Waals surface area contributed by atoms with Gasteiger partial charge in [-0.1, -0.05) is 6.07 Å². The highest BCUT2D eigenvalue weighted by molar-refractivity contribution is 5.83. The molecule has 1 aliphatic rings. The van der Waals surface area contributed by atoms with E-state index in [4.69, 9.17) is 4.74 Å². The zero-order chi connectivity index (χ0) is 16.6. The van der Waals surface area contributed by atoms with Gasteiger partial charge in [0, 0.05) is 29.5 Å². The Kier molecular flexibility index (Phi) is 3.51. The minimum absolute atomic E-state index is 0.0684. The predicted molar refractivity (Wildman–Crippen MR) is 74.9 cm³/mol. The minimum Gasteiger partial charge on any atom is -0.476 e. The van der Waals surface area contributed by atoms with Crippen molar-refractivity contribution in [1.82, 2.24) is 4.98 Å². The summed E-state index contributed by atoms with van der Waals surface area (Å²) in [6, 6.07) is 8.24. The number of ether oxygens (including phenoxy) is 1. The molecule has 23 heavy (non-hydrogen) atoms. The minimum atomic E-state index is -4.60. The number of nitrogens with zero attached hydrogens (tertiary/aromatic N) is 2. The number of pyridine rings is 1. The Morgan fingerprint density at radius 2 is 2.00 bits per heavy atom. The first kappa shape index (κ1) is 15.0. The summed E-state index contributed by atoms with van der Waals surface area (Å²) in [4.78, 5) is 14.3. The molecule has 1 aromatic heterocycles. The van der Waals surface area contributed by atoms with E-state index in [0.717, 1.165) is 12.1 Å². The largest absolute Gasteiger partial charge is 0.476 e. The van der Waals surface area contributed by atoms with Crippen LogP contribution in [0.1, 0.15) is 11.3 Å². The van der Waals surface area contributed by atoms with Crippen LogP contribution in [0.5, 0.6) is 5.75 Å². The number of hydrogen-bond acceptors (Lipinski definition) is 4. The van der Waals surface area contributed by atoms with Crippen LogP contribution in [0.3, 0.4) is 0 Å². The highest BCUT2D eigenvalue weighted by atomic mass is 19.4. The zero-order valence-corrected chi connectivity index (χ0v) is 11.4. The van der Waals surface area contributed by atoms with E-state index in [-0.39, 0.29) is 28.3 Å². The van der Waals surface area contributed by atoms with Crippen LogP contribution in [-0.4, -0.2) is 22.2 Å². The molecule has 0 spiro atoms. The van der Waals surface area contributed by atoms with Crippen molar-refractivity contribution in [1.29, 1.82) is 0 Å². The van der Waals surface area contributed by atoms with Crippen LogP contribution in [0.4, 0.5) is 18.9 Å². The molecule has 0 saturated heterocycles. The van der Waals surface area contributed by atoms with Gasteiger partial charge in [0.05, 0.1) is 10.6 Å². The van der Waals surface area contributed by atoms with Gasteiger partial charge in [-0.25, -0.2) is 0 Å². The molecule has 0 N–H and O–H groups in total. The second-order valence-corrected chi connectivity index (χ2v) is 4.81. The summed E-state index contributed by atoms with van der Waals surface area (Å²) < 4.78 is 44.0. The van der Waals surface area contributed by atoms with Crippen LogP contribution in [-0.2, 0) is 0 Å². The van der Waals surface area contributed by atoms with Gasteiger partial charge in [0.25, 0.3) is 5.69 Å². The maximum atomic E-state index is 13.0. The summed E-state index contributed by atoms with van der Waals surface area (Å²) in [6.07, 6.45) is -4.41. The molecule has 0 bridgehead atoms. The third-order valence-corrected chi connectivity index (χ3v) is 3.30. The van der Waals surface area contributed by atoms with Crippen molar-refractivity contribution >= 4 is 11.3 Å². The summed E-state index contributed by atoms with van der Waals surface area (Å²) in [5.74, 6) is -0.0684.